The Morgan fingerprint density at radius 2 is 2.06 bits per heavy atom. The summed E-state index contributed by atoms with van der Waals surface area (Å²) in [6, 6.07) is 0. The molecule has 0 radical (unpaired) electrons. The number of ether oxygens (including phenoxy) is 1. The van der Waals surface area contributed by atoms with Crippen molar-refractivity contribution in [1.82, 2.24) is 9.80 Å². The number of hydrogen-bond donors (Lipinski definition) is 1. The van der Waals surface area contributed by atoms with E-state index in [9.17, 15) is 0 Å². The van der Waals surface area contributed by atoms with E-state index in [1.54, 1.807) is 0 Å². The molecule has 2 heterocycles. The second kappa shape index (κ2) is 4.50. The van der Waals surface area contributed by atoms with Gasteiger partial charge in [-0.15, -0.1) is 0 Å². The fraction of sp³-hybridized carbons (Fsp3) is 1.00. The van der Waals surface area contributed by atoms with Crippen LogP contribution in [0.1, 0.15) is 19.8 Å². The highest BCUT2D eigenvalue weighted by molar-refractivity contribution is 5.09. The summed E-state index contributed by atoms with van der Waals surface area (Å²) < 4.78 is 5.84. The van der Waals surface area contributed by atoms with Gasteiger partial charge in [0.25, 0.3) is 0 Å². The van der Waals surface area contributed by atoms with E-state index in [-0.39, 0.29) is 5.54 Å². The zero-order chi connectivity index (χ0) is 11.9. The summed E-state index contributed by atoms with van der Waals surface area (Å²) in [5, 5.41) is 0. The number of rotatable bonds is 4. The molecule has 0 aromatic heterocycles. The smallest absolute Gasteiger partial charge is 0.0829 e. The number of morpholine rings is 1. The maximum absolute atomic E-state index is 6.36. The Hall–Kier alpha value is -0.160. The molecule has 3 rings (SSSR count). The van der Waals surface area contributed by atoms with Crippen molar-refractivity contribution < 1.29 is 4.74 Å². The van der Waals surface area contributed by atoms with Crippen LogP contribution in [-0.2, 0) is 4.74 Å². The Labute approximate surface area is 104 Å². The van der Waals surface area contributed by atoms with E-state index in [0.717, 1.165) is 51.8 Å². The van der Waals surface area contributed by atoms with E-state index in [2.05, 4.69) is 16.7 Å². The summed E-state index contributed by atoms with van der Waals surface area (Å²) in [4.78, 5) is 4.95. The Kier molecular flexibility index (Phi) is 3.15. The summed E-state index contributed by atoms with van der Waals surface area (Å²) in [7, 11) is 0. The first kappa shape index (κ1) is 11.9. The highest BCUT2D eigenvalue weighted by Gasteiger charge is 2.50. The molecule has 1 atom stereocenters. The van der Waals surface area contributed by atoms with Gasteiger partial charge in [0.15, 0.2) is 0 Å². The zero-order valence-electron chi connectivity index (χ0n) is 10.9. The molecule has 1 unspecified atom stereocenters. The van der Waals surface area contributed by atoms with Crippen molar-refractivity contribution in [3.63, 3.8) is 0 Å². The first-order valence-electron chi connectivity index (χ1n) is 7.05. The van der Waals surface area contributed by atoms with Gasteiger partial charge in [-0.3, -0.25) is 9.80 Å². The second-order valence-corrected chi connectivity index (χ2v) is 6.06. The number of hydrogen-bond acceptors (Lipinski definition) is 4. The maximum Gasteiger partial charge on any atom is 0.0829 e. The Morgan fingerprint density at radius 1 is 1.29 bits per heavy atom. The second-order valence-electron chi connectivity index (χ2n) is 6.06. The summed E-state index contributed by atoms with van der Waals surface area (Å²) in [5.41, 5.74) is 6.52. The molecule has 0 aromatic carbocycles. The minimum atomic E-state index is 0.152. The quantitative estimate of drug-likeness (QED) is 0.757. The predicted molar refractivity (Wildman–Crippen MR) is 67.9 cm³/mol. The third-order valence-electron chi connectivity index (χ3n) is 4.56. The van der Waals surface area contributed by atoms with Gasteiger partial charge in [-0.1, -0.05) is 6.92 Å². The molecule has 4 nitrogen and oxygen atoms in total. The standard InChI is InChI=1S/C13H25N3O/c1-2-15-5-6-17-12(7-15)8-16-9-13(14,10-16)11-3-4-11/h11-12H,2-10,14H2,1H3. The summed E-state index contributed by atoms with van der Waals surface area (Å²) in [5.74, 6) is 0.818. The molecule has 2 saturated heterocycles. The first-order valence-corrected chi connectivity index (χ1v) is 7.05. The van der Waals surface area contributed by atoms with Crippen LogP contribution in [0.25, 0.3) is 0 Å². The molecule has 0 amide bonds. The highest BCUT2D eigenvalue weighted by Crippen LogP contribution is 2.42. The lowest BCUT2D eigenvalue weighted by Gasteiger charge is -2.50. The van der Waals surface area contributed by atoms with Crippen molar-refractivity contribution in [2.45, 2.75) is 31.4 Å². The first-order chi connectivity index (χ1) is 8.19. The van der Waals surface area contributed by atoms with Crippen LogP contribution < -0.4 is 5.73 Å². The van der Waals surface area contributed by atoms with Crippen molar-refractivity contribution in [2.75, 3.05) is 45.9 Å². The molecular formula is C13H25N3O. The van der Waals surface area contributed by atoms with Gasteiger partial charge in [0.2, 0.25) is 0 Å². The van der Waals surface area contributed by atoms with E-state index in [4.69, 9.17) is 10.5 Å². The molecule has 98 valence electrons. The molecule has 1 aliphatic carbocycles. The van der Waals surface area contributed by atoms with Gasteiger partial charge in [0.05, 0.1) is 12.7 Å². The van der Waals surface area contributed by atoms with Gasteiger partial charge < -0.3 is 10.5 Å². The zero-order valence-corrected chi connectivity index (χ0v) is 10.9. The van der Waals surface area contributed by atoms with Crippen molar-refractivity contribution in [1.29, 1.82) is 0 Å². The van der Waals surface area contributed by atoms with Crippen molar-refractivity contribution >= 4 is 0 Å². The van der Waals surface area contributed by atoms with Gasteiger partial charge in [-0.25, -0.2) is 0 Å². The average Bonchev–Trinajstić information content (AvgIpc) is 3.11. The third kappa shape index (κ3) is 2.50. The van der Waals surface area contributed by atoms with Crippen LogP contribution in [-0.4, -0.2) is 67.3 Å². The summed E-state index contributed by atoms with van der Waals surface area (Å²) in [6.45, 7) is 9.69. The average molecular weight is 239 g/mol. The normalized spacial score (nSPS) is 34.6. The molecule has 0 bridgehead atoms. The largest absolute Gasteiger partial charge is 0.374 e. The Balaban J connectivity index is 1.42. The lowest BCUT2D eigenvalue weighted by molar-refractivity contribution is -0.0640. The van der Waals surface area contributed by atoms with Crippen LogP contribution >= 0.6 is 0 Å². The van der Waals surface area contributed by atoms with Crippen molar-refractivity contribution in [3.05, 3.63) is 0 Å². The lowest BCUT2D eigenvalue weighted by Crippen LogP contribution is -2.70. The molecule has 4 heteroatoms. The number of nitrogens with zero attached hydrogens (tertiary/aromatic N) is 2. The van der Waals surface area contributed by atoms with E-state index in [1.165, 1.54) is 12.8 Å². The molecule has 2 aliphatic heterocycles. The third-order valence-corrected chi connectivity index (χ3v) is 4.56. The Morgan fingerprint density at radius 3 is 2.71 bits per heavy atom. The molecule has 2 N–H and O–H groups in total. The van der Waals surface area contributed by atoms with Crippen LogP contribution in [0.4, 0.5) is 0 Å². The summed E-state index contributed by atoms with van der Waals surface area (Å²) >= 11 is 0. The molecule has 3 fully saturated rings. The molecule has 1 saturated carbocycles. The molecular weight excluding hydrogens is 214 g/mol. The molecule has 0 spiro atoms. The Bertz CT molecular complexity index is 274. The number of nitrogens with two attached hydrogens (primary N) is 1. The van der Waals surface area contributed by atoms with Gasteiger partial charge in [-0.2, -0.15) is 0 Å². The van der Waals surface area contributed by atoms with Crippen LogP contribution in [0, 0.1) is 5.92 Å². The number of likely N-dealkylation sites (tertiary alicyclic amines) is 1. The SMILES string of the molecule is CCN1CCOC(CN2CC(N)(C3CC3)C2)C1. The van der Waals surface area contributed by atoms with Crippen LogP contribution in [0.2, 0.25) is 0 Å². The lowest BCUT2D eigenvalue weighted by atomic mass is 9.85. The van der Waals surface area contributed by atoms with E-state index >= 15 is 0 Å². The van der Waals surface area contributed by atoms with Crippen molar-refractivity contribution in [3.8, 4) is 0 Å². The maximum atomic E-state index is 6.36. The summed E-state index contributed by atoms with van der Waals surface area (Å²) in [6.07, 6.45) is 3.11. The monoisotopic (exact) mass is 239 g/mol. The molecule has 3 aliphatic rings. The van der Waals surface area contributed by atoms with Gasteiger partial charge in [0.1, 0.15) is 0 Å². The van der Waals surface area contributed by atoms with Gasteiger partial charge in [0, 0.05) is 38.3 Å². The van der Waals surface area contributed by atoms with E-state index < -0.39 is 0 Å². The minimum absolute atomic E-state index is 0.152. The van der Waals surface area contributed by atoms with Crippen LogP contribution in [0.15, 0.2) is 0 Å². The molecule has 17 heavy (non-hydrogen) atoms. The fourth-order valence-electron chi connectivity index (χ4n) is 3.30. The number of likely N-dealkylation sites (N-methyl/N-ethyl adjacent to an activating group) is 1. The highest BCUT2D eigenvalue weighted by atomic mass is 16.5. The van der Waals surface area contributed by atoms with E-state index in [0.29, 0.717) is 6.10 Å². The minimum Gasteiger partial charge on any atom is -0.374 e. The van der Waals surface area contributed by atoms with E-state index in [1.807, 2.05) is 0 Å². The van der Waals surface area contributed by atoms with Crippen molar-refractivity contribution in [2.24, 2.45) is 11.7 Å². The van der Waals surface area contributed by atoms with Gasteiger partial charge in [-0.05, 0) is 25.3 Å². The van der Waals surface area contributed by atoms with Crippen LogP contribution in [0.3, 0.4) is 0 Å². The molecule has 0 aromatic rings. The topological polar surface area (TPSA) is 41.7 Å². The van der Waals surface area contributed by atoms with Gasteiger partial charge >= 0.3 is 0 Å². The fourth-order valence-corrected chi connectivity index (χ4v) is 3.30. The predicted octanol–water partition coefficient (Wildman–Crippen LogP) is 0.130. The van der Waals surface area contributed by atoms with Crippen LogP contribution in [0.5, 0.6) is 0 Å².